The molecule has 0 aliphatic rings. The topological polar surface area (TPSA) is 41.6 Å². The van der Waals surface area contributed by atoms with E-state index >= 15 is 0 Å². The van der Waals surface area contributed by atoms with Gasteiger partial charge in [0, 0.05) is 6.54 Å². The number of alkyl halides is 3. The van der Waals surface area contributed by atoms with E-state index in [9.17, 15) is 18.0 Å². The van der Waals surface area contributed by atoms with Gasteiger partial charge in [-0.15, -0.1) is 0 Å². The summed E-state index contributed by atoms with van der Waals surface area (Å²) in [6, 6.07) is 11.2. The lowest BCUT2D eigenvalue weighted by Gasteiger charge is -2.24. The maximum Gasteiger partial charge on any atom is 0.418 e. The van der Waals surface area contributed by atoms with Crippen LogP contribution in [0.3, 0.4) is 0 Å². The van der Waals surface area contributed by atoms with Crippen molar-refractivity contribution in [2.75, 3.05) is 25.5 Å². The summed E-state index contributed by atoms with van der Waals surface area (Å²) in [5, 5.41) is 2.83. The van der Waals surface area contributed by atoms with Crippen LogP contribution in [0.5, 0.6) is 5.75 Å². The highest BCUT2D eigenvalue weighted by atomic mass is 35.5. The normalized spacial score (nSPS) is 12.7. The lowest BCUT2D eigenvalue weighted by atomic mass is 10.1. The van der Waals surface area contributed by atoms with Gasteiger partial charge in [-0.25, -0.2) is 0 Å². The van der Waals surface area contributed by atoms with E-state index in [1.165, 1.54) is 18.2 Å². The number of ether oxygens (including phenoxy) is 1. The average molecular weight is 401 g/mol. The van der Waals surface area contributed by atoms with Crippen molar-refractivity contribution in [1.82, 2.24) is 4.90 Å². The first kappa shape index (κ1) is 21.1. The molecular weight excluding hydrogens is 381 g/mol. The molecule has 1 amide bonds. The molecule has 0 heterocycles. The van der Waals surface area contributed by atoms with Gasteiger partial charge in [-0.2, -0.15) is 13.2 Å². The van der Waals surface area contributed by atoms with Gasteiger partial charge < -0.3 is 10.1 Å². The molecule has 146 valence electrons. The fraction of sp³-hybridized carbons (Fsp3) is 0.316. The van der Waals surface area contributed by atoms with Crippen molar-refractivity contribution in [2.24, 2.45) is 0 Å². The van der Waals surface area contributed by atoms with Gasteiger partial charge in [0.1, 0.15) is 12.4 Å². The van der Waals surface area contributed by atoms with E-state index < -0.39 is 23.7 Å². The molecule has 1 atom stereocenters. The summed E-state index contributed by atoms with van der Waals surface area (Å²) < 4.78 is 44.7. The van der Waals surface area contributed by atoms with Crippen LogP contribution < -0.4 is 10.1 Å². The van der Waals surface area contributed by atoms with E-state index in [1.54, 1.807) is 43.1 Å². The number of hydrogen-bond acceptors (Lipinski definition) is 3. The molecule has 0 aliphatic carbocycles. The van der Waals surface area contributed by atoms with Crippen LogP contribution in [0.25, 0.3) is 0 Å². The van der Waals surface area contributed by atoms with Crippen molar-refractivity contribution >= 4 is 23.2 Å². The first-order valence-corrected chi connectivity index (χ1v) is 8.62. The van der Waals surface area contributed by atoms with Crippen molar-refractivity contribution in [3.63, 3.8) is 0 Å². The Morgan fingerprint density at radius 3 is 2.48 bits per heavy atom. The Morgan fingerprint density at radius 1 is 1.19 bits per heavy atom. The molecular formula is C19H20ClF3N2O2. The second-order valence-corrected chi connectivity index (χ2v) is 6.38. The second kappa shape index (κ2) is 9.10. The Balaban J connectivity index is 1.92. The fourth-order valence-electron chi connectivity index (χ4n) is 2.33. The number of nitrogens with zero attached hydrogens (tertiary/aromatic N) is 1. The van der Waals surface area contributed by atoms with Gasteiger partial charge in [-0.05, 0) is 38.2 Å². The van der Waals surface area contributed by atoms with Gasteiger partial charge in [0.25, 0.3) is 0 Å². The lowest BCUT2D eigenvalue weighted by Crippen LogP contribution is -2.41. The van der Waals surface area contributed by atoms with Gasteiger partial charge >= 0.3 is 6.18 Å². The monoisotopic (exact) mass is 400 g/mol. The number of hydrogen-bond donors (Lipinski definition) is 1. The Hall–Kier alpha value is -2.25. The number of nitrogens with one attached hydrogen (secondary N) is 1. The quantitative estimate of drug-likeness (QED) is 0.732. The highest BCUT2D eigenvalue weighted by Gasteiger charge is 2.34. The predicted octanol–water partition coefficient (Wildman–Crippen LogP) is 4.70. The summed E-state index contributed by atoms with van der Waals surface area (Å²) in [7, 11) is 1.69. The molecule has 0 spiro atoms. The van der Waals surface area contributed by atoms with Crippen molar-refractivity contribution in [1.29, 1.82) is 0 Å². The molecule has 0 radical (unpaired) electrons. The summed E-state index contributed by atoms with van der Waals surface area (Å²) in [6.07, 6.45) is -4.54. The molecule has 2 aromatic rings. The first-order chi connectivity index (χ1) is 12.7. The number of benzene rings is 2. The molecule has 1 unspecified atom stereocenters. The van der Waals surface area contributed by atoms with Crippen molar-refractivity contribution in [2.45, 2.75) is 19.1 Å². The summed E-state index contributed by atoms with van der Waals surface area (Å²) in [5.41, 5.74) is -1.14. The van der Waals surface area contributed by atoms with Crippen LogP contribution in [0, 0.1) is 0 Å². The number of amides is 1. The molecule has 4 nitrogen and oxygen atoms in total. The fourth-order valence-corrected chi connectivity index (χ4v) is 2.52. The molecule has 1 N–H and O–H groups in total. The third-order valence-corrected chi connectivity index (χ3v) is 4.38. The van der Waals surface area contributed by atoms with Crippen LogP contribution in [0.4, 0.5) is 18.9 Å². The van der Waals surface area contributed by atoms with Crippen LogP contribution in [-0.4, -0.2) is 37.0 Å². The zero-order chi connectivity index (χ0) is 20.0. The number of carbonyl (C=O) groups excluding carboxylic acids is 1. The van der Waals surface area contributed by atoms with Gasteiger partial charge in [-0.1, -0.05) is 35.9 Å². The van der Waals surface area contributed by atoms with Crippen molar-refractivity contribution in [3.8, 4) is 5.75 Å². The number of rotatable bonds is 7. The summed E-state index contributed by atoms with van der Waals surface area (Å²) in [6.45, 7) is 2.28. The molecule has 0 aliphatic heterocycles. The van der Waals surface area contributed by atoms with Gasteiger partial charge in [0.2, 0.25) is 5.91 Å². The zero-order valence-corrected chi connectivity index (χ0v) is 15.6. The Bertz CT molecular complexity index is 784. The Morgan fingerprint density at radius 2 is 1.81 bits per heavy atom. The molecule has 2 aromatic carbocycles. The van der Waals surface area contributed by atoms with E-state index in [0.29, 0.717) is 17.3 Å². The summed E-state index contributed by atoms with van der Waals surface area (Å²) >= 11 is 6.00. The molecule has 0 aromatic heterocycles. The van der Waals surface area contributed by atoms with Gasteiger partial charge in [0.05, 0.1) is 22.3 Å². The minimum Gasteiger partial charge on any atom is -0.491 e. The standard InChI is InChI=1S/C19H20ClF3N2O2/c1-13(25(2)11-12-27-17-10-6-4-8-15(17)20)18(26)24-16-9-5-3-7-14(16)19(21,22)23/h3-10,13H,11-12H2,1-2H3,(H,24,26). The third kappa shape index (κ3) is 5.87. The molecule has 0 fully saturated rings. The van der Waals surface area contributed by atoms with E-state index in [0.717, 1.165) is 6.07 Å². The lowest BCUT2D eigenvalue weighted by molar-refractivity contribution is -0.137. The summed E-state index contributed by atoms with van der Waals surface area (Å²) in [4.78, 5) is 14.0. The maximum atomic E-state index is 13.0. The van der Waals surface area contributed by atoms with Crippen LogP contribution in [-0.2, 0) is 11.0 Å². The highest BCUT2D eigenvalue weighted by molar-refractivity contribution is 6.32. The van der Waals surface area contributed by atoms with Gasteiger partial charge in [-0.3, -0.25) is 9.69 Å². The first-order valence-electron chi connectivity index (χ1n) is 8.25. The smallest absolute Gasteiger partial charge is 0.418 e. The molecule has 0 saturated carbocycles. The van der Waals surface area contributed by atoms with E-state index in [1.807, 2.05) is 0 Å². The van der Waals surface area contributed by atoms with Crippen molar-refractivity contribution < 1.29 is 22.7 Å². The molecule has 27 heavy (non-hydrogen) atoms. The summed E-state index contributed by atoms with van der Waals surface area (Å²) in [5.74, 6) is -0.00396. The molecule has 8 heteroatoms. The highest BCUT2D eigenvalue weighted by Crippen LogP contribution is 2.34. The molecule has 0 saturated heterocycles. The van der Waals surface area contributed by atoms with Crippen LogP contribution in [0.1, 0.15) is 12.5 Å². The number of para-hydroxylation sites is 2. The largest absolute Gasteiger partial charge is 0.491 e. The molecule has 0 bridgehead atoms. The van der Waals surface area contributed by atoms with Crippen LogP contribution in [0.15, 0.2) is 48.5 Å². The second-order valence-electron chi connectivity index (χ2n) is 5.97. The Labute approximate surface area is 160 Å². The zero-order valence-electron chi connectivity index (χ0n) is 14.9. The van der Waals surface area contributed by atoms with Crippen molar-refractivity contribution in [3.05, 3.63) is 59.1 Å². The van der Waals surface area contributed by atoms with Gasteiger partial charge in [0.15, 0.2) is 0 Å². The SMILES string of the molecule is CC(C(=O)Nc1ccccc1C(F)(F)F)N(C)CCOc1ccccc1Cl. The van der Waals surface area contributed by atoms with E-state index in [-0.39, 0.29) is 12.3 Å². The number of halogens is 4. The molecule has 2 rings (SSSR count). The van der Waals surface area contributed by atoms with E-state index in [4.69, 9.17) is 16.3 Å². The predicted molar refractivity (Wildman–Crippen MR) is 99.1 cm³/mol. The Kier molecular flexibility index (Phi) is 7.10. The van der Waals surface area contributed by atoms with Crippen LogP contribution in [0.2, 0.25) is 5.02 Å². The van der Waals surface area contributed by atoms with Crippen LogP contribution >= 0.6 is 11.6 Å². The minimum atomic E-state index is -4.54. The van der Waals surface area contributed by atoms with E-state index in [2.05, 4.69) is 5.32 Å². The average Bonchev–Trinajstić information content (AvgIpc) is 2.62. The maximum absolute atomic E-state index is 13.0. The number of carbonyl (C=O) groups is 1. The minimum absolute atomic E-state index is 0.262. The number of anilines is 1. The number of likely N-dealkylation sites (N-methyl/N-ethyl adjacent to an activating group) is 1. The third-order valence-electron chi connectivity index (χ3n) is 4.07.